The molecule has 82 valence electrons. The highest BCUT2D eigenvalue weighted by Gasteiger charge is 2.40. The summed E-state index contributed by atoms with van der Waals surface area (Å²) in [6.45, 7) is 0. The van der Waals surface area contributed by atoms with Gasteiger partial charge in [0.25, 0.3) is 0 Å². The Labute approximate surface area is 92.5 Å². The fourth-order valence-electron chi connectivity index (χ4n) is 1.72. The standard InChI is InChI=1S/C10H10ClFO2S/c11-15(13,14)10(7-1-2-7)8-3-5-9(12)6-4-8/h3-7,10H,1-2H2. The van der Waals surface area contributed by atoms with Gasteiger partial charge in [0.05, 0.1) is 0 Å². The number of rotatable bonds is 3. The fraction of sp³-hybridized carbons (Fsp3) is 0.400. The summed E-state index contributed by atoms with van der Waals surface area (Å²) in [4.78, 5) is 0. The van der Waals surface area contributed by atoms with E-state index < -0.39 is 14.3 Å². The highest BCUT2D eigenvalue weighted by atomic mass is 35.7. The molecule has 0 aromatic heterocycles. The molecule has 2 rings (SSSR count). The van der Waals surface area contributed by atoms with Gasteiger partial charge in [-0.25, -0.2) is 12.8 Å². The molecule has 0 heterocycles. The molecule has 1 aromatic carbocycles. The smallest absolute Gasteiger partial charge is 0.212 e. The number of hydrogen-bond donors (Lipinski definition) is 0. The van der Waals surface area contributed by atoms with Crippen LogP contribution in [0.1, 0.15) is 23.7 Å². The maximum absolute atomic E-state index is 12.7. The summed E-state index contributed by atoms with van der Waals surface area (Å²) in [5.41, 5.74) is 0.578. The summed E-state index contributed by atoms with van der Waals surface area (Å²) >= 11 is 0. The molecule has 0 bridgehead atoms. The molecule has 1 aromatic rings. The van der Waals surface area contributed by atoms with E-state index in [0.29, 0.717) is 5.56 Å². The summed E-state index contributed by atoms with van der Waals surface area (Å²) in [6, 6.07) is 5.48. The van der Waals surface area contributed by atoms with Crippen LogP contribution in [0.5, 0.6) is 0 Å². The number of hydrogen-bond acceptors (Lipinski definition) is 2. The van der Waals surface area contributed by atoms with E-state index in [9.17, 15) is 12.8 Å². The van der Waals surface area contributed by atoms with Crippen LogP contribution in [0.2, 0.25) is 0 Å². The normalized spacial score (nSPS) is 18.8. The molecular formula is C10H10ClFO2S. The third-order valence-corrected chi connectivity index (χ3v) is 4.39. The topological polar surface area (TPSA) is 34.1 Å². The molecule has 15 heavy (non-hydrogen) atoms. The Bertz CT molecular complexity index is 451. The SMILES string of the molecule is O=S(=O)(Cl)C(c1ccc(F)cc1)C1CC1. The highest BCUT2D eigenvalue weighted by Crippen LogP contribution is 2.46. The highest BCUT2D eigenvalue weighted by molar-refractivity contribution is 8.13. The van der Waals surface area contributed by atoms with Gasteiger partial charge in [-0.15, -0.1) is 0 Å². The van der Waals surface area contributed by atoms with E-state index in [0.717, 1.165) is 12.8 Å². The second-order valence-electron chi connectivity index (χ2n) is 3.79. The Balaban J connectivity index is 2.37. The van der Waals surface area contributed by atoms with Gasteiger partial charge in [-0.2, -0.15) is 0 Å². The van der Waals surface area contributed by atoms with E-state index in [4.69, 9.17) is 10.7 Å². The predicted octanol–water partition coefficient (Wildman–Crippen LogP) is 2.85. The van der Waals surface area contributed by atoms with Crippen molar-refractivity contribution in [2.75, 3.05) is 0 Å². The van der Waals surface area contributed by atoms with Crippen LogP contribution in [-0.4, -0.2) is 8.42 Å². The Morgan fingerprint density at radius 3 is 2.20 bits per heavy atom. The fourth-order valence-corrected chi connectivity index (χ4v) is 3.68. The third kappa shape index (κ3) is 2.49. The van der Waals surface area contributed by atoms with Gasteiger partial charge in [0.15, 0.2) is 0 Å². The average Bonchev–Trinajstić information content (AvgIpc) is 2.90. The monoisotopic (exact) mass is 248 g/mol. The van der Waals surface area contributed by atoms with Gasteiger partial charge in [-0.05, 0) is 36.5 Å². The molecule has 1 unspecified atom stereocenters. The van der Waals surface area contributed by atoms with Crippen molar-refractivity contribution < 1.29 is 12.8 Å². The minimum Gasteiger partial charge on any atom is -0.212 e. The van der Waals surface area contributed by atoms with Crippen molar-refractivity contribution in [3.05, 3.63) is 35.6 Å². The van der Waals surface area contributed by atoms with Crippen LogP contribution >= 0.6 is 10.7 Å². The van der Waals surface area contributed by atoms with Gasteiger partial charge < -0.3 is 0 Å². The van der Waals surface area contributed by atoms with Gasteiger partial charge in [0, 0.05) is 10.7 Å². The van der Waals surface area contributed by atoms with E-state index in [-0.39, 0.29) is 11.7 Å². The van der Waals surface area contributed by atoms with Gasteiger partial charge in [-0.3, -0.25) is 0 Å². The quantitative estimate of drug-likeness (QED) is 0.771. The van der Waals surface area contributed by atoms with Crippen molar-refractivity contribution in [2.45, 2.75) is 18.1 Å². The lowest BCUT2D eigenvalue weighted by Gasteiger charge is -2.12. The summed E-state index contributed by atoms with van der Waals surface area (Å²) in [5.74, 6) is -0.279. The minimum absolute atomic E-state index is 0.0953. The van der Waals surface area contributed by atoms with Gasteiger partial charge in [-0.1, -0.05) is 12.1 Å². The lowest BCUT2D eigenvalue weighted by atomic mass is 10.1. The minimum atomic E-state index is -3.62. The van der Waals surface area contributed by atoms with Crippen LogP contribution in [-0.2, 0) is 9.05 Å². The zero-order valence-electron chi connectivity index (χ0n) is 7.86. The molecular weight excluding hydrogens is 239 g/mol. The Morgan fingerprint density at radius 2 is 1.80 bits per heavy atom. The summed E-state index contributed by atoms with van der Waals surface area (Å²) < 4.78 is 35.4. The largest absolute Gasteiger partial charge is 0.239 e. The molecule has 1 aliphatic carbocycles. The first kappa shape index (κ1) is 10.9. The Hall–Kier alpha value is -0.610. The Morgan fingerprint density at radius 1 is 1.27 bits per heavy atom. The zero-order valence-corrected chi connectivity index (χ0v) is 9.43. The average molecular weight is 249 g/mol. The second-order valence-corrected chi connectivity index (χ2v) is 6.53. The van der Waals surface area contributed by atoms with Crippen LogP contribution < -0.4 is 0 Å². The maximum atomic E-state index is 12.7. The number of halogens is 2. The predicted molar refractivity (Wildman–Crippen MR) is 56.6 cm³/mol. The van der Waals surface area contributed by atoms with E-state index in [1.165, 1.54) is 24.3 Å². The summed E-state index contributed by atoms with van der Waals surface area (Å²) in [7, 11) is 1.77. The molecule has 1 fully saturated rings. The lowest BCUT2D eigenvalue weighted by Crippen LogP contribution is -2.09. The molecule has 0 spiro atoms. The van der Waals surface area contributed by atoms with E-state index >= 15 is 0 Å². The van der Waals surface area contributed by atoms with Crippen molar-refractivity contribution in [1.29, 1.82) is 0 Å². The molecule has 5 heteroatoms. The van der Waals surface area contributed by atoms with Crippen molar-refractivity contribution in [3.63, 3.8) is 0 Å². The molecule has 0 radical (unpaired) electrons. The van der Waals surface area contributed by atoms with E-state index in [2.05, 4.69) is 0 Å². The molecule has 0 saturated heterocycles. The third-order valence-electron chi connectivity index (χ3n) is 2.55. The van der Waals surface area contributed by atoms with Crippen LogP contribution in [0, 0.1) is 11.7 Å². The van der Waals surface area contributed by atoms with Gasteiger partial charge >= 0.3 is 0 Å². The first-order chi connectivity index (χ1) is 6.98. The molecule has 1 atom stereocenters. The van der Waals surface area contributed by atoms with Crippen LogP contribution in [0.3, 0.4) is 0 Å². The van der Waals surface area contributed by atoms with Crippen LogP contribution in [0.4, 0.5) is 4.39 Å². The first-order valence-electron chi connectivity index (χ1n) is 4.67. The first-order valence-corrected chi connectivity index (χ1v) is 7.04. The number of benzene rings is 1. The molecule has 1 aliphatic rings. The Kier molecular flexibility index (Phi) is 2.73. The molecule has 0 N–H and O–H groups in total. The zero-order chi connectivity index (χ0) is 11.1. The van der Waals surface area contributed by atoms with Gasteiger partial charge in [0.1, 0.15) is 11.1 Å². The maximum Gasteiger partial charge on any atom is 0.239 e. The van der Waals surface area contributed by atoms with Crippen molar-refractivity contribution >= 4 is 19.7 Å². The van der Waals surface area contributed by atoms with Gasteiger partial charge in [0.2, 0.25) is 9.05 Å². The molecule has 0 amide bonds. The van der Waals surface area contributed by atoms with E-state index in [1.807, 2.05) is 0 Å². The van der Waals surface area contributed by atoms with E-state index in [1.54, 1.807) is 0 Å². The summed E-state index contributed by atoms with van der Waals surface area (Å²) in [6.07, 6.45) is 1.74. The van der Waals surface area contributed by atoms with Crippen LogP contribution in [0.25, 0.3) is 0 Å². The second kappa shape index (κ2) is 3.76. The van der Waals surface area contributed by atoms with Crippen LogP contribution in [0.15, 0.2) is 24.3 Å². The summed E-state index contributed by atoms with van der Waals surface area (Å²) in [5, 5.41) is -0.681. The lowest BCUT2D eigenvalue weighted by molar-refractivity contribution is 0.585. The van der Waals surface area contributed by atoms with Crippen molar-refractivity contribution in [1.82, 2.24) is 0 Å². The van der Waals surface area contributed by atoms with Crippen molar-refractivity contribution in [3.8, 4) is 0 Å². The van der Waals surface area contributed by atoms with Crippen molar-refractivity contribution in [2.24, 2.45) is 5.92 Å². The molecule has 0 aliphatic heterocycles. The molecule has 2 nitrogen and oxygen atoms in total. The molecule has 1 saturated carbocycles.